The number of anilines is 1. The first-order valence-corrected chi connectivity index (χ1v) is 12.3. The lowest BCUT2D eigenvalue weighted by Gasteiger charge is -2.23. The number of nitrogens with zero attached hydrogens (tertiary/aromatic N) is 2. The highest BCUT2D eigenvalue weighted by molar-refractivity contribution is 7.17. The van der Waals surface area contributed by atoms with Gasteiger partial charge in [-0.1, -0.05) is 35.6 Å². The predicted octanol–water partition coefficient (Wildman–Crippen LogP) is 4.05. The number of ketones is 1. The third-order valence-electron chi connectivity index (χ3n) is 5.87. The standard InChI is InChI=1S/C27H24N2O8S/c1-5-37-18-8-6-7-17(13-18)21(30)19-20(15-9-11-16(12-10-15)25(33)35-3)29(24(32)22(19)31)27-28-14(2)23(38-27)26(34)36-4/h6-13,20,30H,5H2,1-4H3/b21-19+. The fourth-order valence-corrected chi connectivity index (χ4v) is 5.10. The molecule has 38 heavy (non-hydrogen) atoms. The Morgan fingerprint density at radius 3 is 2.34 bits per heavy atom. The number of carbonyl (C=O) groups is 4. The Kier molecular flexibility index (Phi) is 7.58. The maximum absolute atomic E-state index is 13.4. The van der Waals surface area contributed by atoms with Gasteiger partial charge in [0.2, 0.25) is 0 Å². The highest BCUT2D eigenvalue weighted by atomic mass is 32.1. The Labute approximate surface area is 222 Å². The lowest BCUT2D eigenvalue weighted by atomic mass is 9.94. The van der Waals surface area contributed by atoms with Crippen LogP contribution in [0.1, 0.15) is 49.8 Å². The summed E-state index contributed by atoms with van der Waals surface area (Å²) in [5.74, 6) is -2.98. The maximum Gasteiger partial charge on any atom is 0.350 e. The van der Waals surface area contributed by atoms with Gasteiger partial charge in [0, 0.05) is 5.56 Å². The second-order valence-electron chi connectivity index (χ2n) is 8.15. The molecular formula is C27H24N2O8S. The van der Waals surface area contributed by atoms with Crippen molar-refractivity contribution in [3.63, 3.8) is 0 Å². The summed E-state index contributed by atoms with van der Waals surface area (Å²) in [7, 11) is 2.48. The van der Waals surface area contributed by atoms with E-state index in [9.17, 15) is 24.3 Å². The summed E-state index contributed by atoms with van der Waals surface area (Å²) < 4.78 is 15.1. The average molecular weight is 537 g/mol. The summed E-state index contributed by atoms with van der Waals surface area (Å²) in [5.41, 5.74) is 1.10. The van der Waals surface area contributed by atoms with Crippen LogP contribution < -0.4 is 9.64 Å². The molecule has 1 aromatic heterocycles. The summed E-state index contributed by atoms with van der Waals surface area (Å²) in [6, 6.07) is 11.5. The SMILES string of the molecule is CCOc1cccc(/C(O)=C2\C(=O)C(=O)N(c3nc(C)c(C(=O)OC)s3)C2c2ccc(C(=O)OC)cc2)c1. The molecule has 2 aromatic carbocycles. The van der Waals surface area contributed by atoms with Gasteiger partial charge in [0.05, 0.1) is 43.7 Å². The summed E-state index contributed by atoms with van der Waals surface area (Å²) in [6.45, 7) is 3.80. The monoisotopic (exact) mass is 536 g/mol. The number of rotatable bonds is 7. The van der Waals surface area contributed by atoms with Crippen LogP contribution in [0.2, 0.25) is 0 Å². The molecule has 0 spiro atoms. The number of hydrogen-bond acceptors (Lipinski definition) is 10. The van der Waals surface area contributed by atoms with Crippen LogP contribution >= 0.6 is 11.3 Å². The normalized spacial score (nSPS) is 16.4. The number of amides is 1. The van der Waals surface area contributed by atoms with E-state index >= 15 is 0 Å². The van der Waals surface area contributed by atoms with Gasteiger partial charge in [-0.2, -0.15) is 0 Å². The van der Waals surface area contributed by atoms with Crippen molar-refractivity contribution in [3.05, 3.63) is 81.4 Å². The molecule has 10 nitrogen and oxygen atoms in total. The van der Waals surface area contributed by atoms with E-state index in [0.29, 0.717) is 23.6 Å². The third-order valence-corrected chi connectivity index (χ3v) is 7.01. The number of esters is 2. The molecule has 196 valence electrons. The molecule has 0 aliphatic carbocycles. The Hall–Kier alpha value is -4.51. The zero-order valence-electron chi connectivity index (χ0n) is 21.0. The third kappa shape index (κ3) is 4.75. The Balaban J connectivity index is 1.92. The van der Waals surface area contributed by atoms with E-state index in [2.05, 4.69) is 4.98 Å². The van der Waals surface area contributed by atoms with E-state index in [0.717, 1.165) is 16.2 Å². The molecule has 1 amide bonds. The number of aliphatic hydroxyl groups excluding tert-OH is 1. The highest BCUT2D eigenvalue weighted by Crippen LogP contribution is 2.44. The molecule has 4 rings (SSSR count). The first-order valence-electron chi connectivity index (χ1n) is 11.5. The van der Waals surface area contributed by atoms with Crippen LogP contribution in [-0.4, -0.2) is 54.5 Å². The molecule has 0 saturated carbocycles. The van der Waals surface area contributed by atoms with Crippen molar-refractivity contribution in [1.82, 2.24) is 4.98 Å². The number of benzene rings is 2. The molecule has 1 saturated heterocycles. The van der Waals surface area contributed by atoms with E-state index in [1.807, 2.05) is 6.92 Å². The number of thiazole rings is 1. The number of ether oxygens (including phenoxy) is 3. The zero-order chi connectivity index (χ0) is 27.6. The molecule has 3 aromatic rings. The van der Waals surface area contributed by atoms with Crippen LogP contribution in [0.15, 0.2) is 54.1 Å². The first kappa shape index (κ1) is 26.6. The Morgan fingerprint density at radius 1 is 1.03 bits per heavy atom. The zero-order valence-corrected chi connectivity index (χ0v) is 21.8. The van der Waals surface area contributed by atoms with Crippen molar-refractivity contribution in [2.75, 3.05) is 25.7 Å². The quantitative estimate of drug-likeness (QED) is 0.205. The molecule has 1 fully saturated rings. The van der Waals surface area contributed by atoms with E-state index in [-0.39, 0.29) is 26.7 Å². The van der Waals surface area contributed by atoms with Gasteiger partial charge in [0.25, 0.3) is 5.78 Å². The summed E-state index contributed by atoms with van der Waals surface area (Å²) in [5, 5.41) is 11.4. The molecule has 2 heterocycles. The van der Waals surface area contributed by atoms with Crippen LogP contribution in [0.5, 0.6) is 5.75 Å². The predicted molar refractivity (Wildman–Crippen MR) is 138 cm³/mol. The molecule has 0 bridgehead atoms. The number of aryl methyl sites for hydroxylation is 1. The maximum atomic E-state index is 13.4. The van der Waals surface area contributed by atoms with E-state index < -0.39 is 35.4 Å². The number of carbonyl (C=O) groups excluding carboxylic acids is 4. The summed E-state index contributed by atoms with van der Waals surface area (Å²) >= 11 is 0.893. The smallest absolute Gasteiger partial charge is 0.350 e. The molecule has 1 N–H and O–H groups in total. The van der Waals surface area contributed by atoms with Gasteiger partial charge in [0.1, 0.15) is 16.4 Å². The number of methoxy groups -OCH3 is 2. The van der Waals surface area contributed by atoms with Gasteiger partial charge in [-0.15, -0.1) is 0 Å². The Morgan fingerprint density at radius 2 is 1.71 bits per heavy atom. The largest absolute Gasteiger partial charge is 0.507 e. The number of aromatic nitrogens is 1. The average Bonchev–Trinajstić information content (AvgIpc) is 3.44. The molecule has 1 unspecified atom stereocenters. The van der Waals surface area contributed by atoms with Crippen LogP contribution in [0.4, 0.5) is 5.13 Å². The van der Waals surface area contributed by atoms with Gasteiger partial charge in [-0.3, -0.25) is 14.5 Å². The minimum absolute atomic E-state index is 0.0779. The fourth-order valence-electron chi connectivity index (χ4n) is 4.09. The van der Waals surface area contributed by atoms with E-state index in [4.69, 9.17) is 14.2 Å². The van der Waals surface area contributed by atoms with Gasteiger partial charge in [-0.25, -0.2) is 14.6 Å². The van der Waals surface area contributed by atoms with Crippen molar-refractivity contribution < 1.29 is 38.5 Å². The highest BCUT2D eigenvalue weighted by Gasteiger charge is 2.48. The molecule has 11 heteroatoms. The van der Waals surface area contributed by atoms with Crippen molar-refractivity contribution in [1.29, 1.82) is 0 Å². The number of hydrogen-bond donors (Lipinski definition) is 1. The van der Waals surface area contributed by atoms with Crippen molar-refractivity contribution in [3.8, 4) is 5.75 Å². The van der Waals surface area contributed by atoms with Crippen LogP contribution in [-0.2, 0) is 19.1 Å². The number of Topliss-reactive ketones (excluding diaryl/α,β-unsaturated/α-hetero) is 1. The number of aliphatic hydroxyl groups is 1. The van der Waals surface area contributed by atoms with Crippen LogP contribution in [0.25, 0.3) is 5.76 Å². The van der Waals surface area contributed by atoms with Crippen molar-refractivity contribution in [2.24, 2.45) is 0 Å². The lowest BCUT2D eigenvalue weighted by Crippen LogP contribution is -2.29. The van der Waals surface area contributed by atoms with Crippen molar-refractivity contribution in [2.45, 2.75) is 19.9 Å². The van der Waals surface area contributed by atoms with Gasteiger partial charge in [0.15, 0.2) is 5.13 Å². The van der Waals surface area contributed by atoms with Crippen molar-refractivity contribution >= 4 is 45.9 Å². The molecule has 0 radical (unpaired) electrons. The minimum Gasteiger partial charge on any atom is -0.507 e. The molecular weight excluding hydrogens is 512 g/mol. The molecule has 1 aliphatic rings. The first-order chi connectivity index (χ1) is 18.2. The van der Waals surface area contributed by atoms with E-state index in [1.165, 1.54) is 26.4 Å². The van der Waals surface area contributed by atoms with Crippen LogP contribution in [0, 0.1) is 6.92 Å². The van der Waals surface area contributed by atoms with Crippen LogP contribution in [0.3, 0.4) is 0 Å². The Bertz CT molecular complexity index is 1460. The summed E-state index contributed by atoms with van der Waals surface area (Å²) in [6.07, 6.45) is 0. The van der Waals surface area contributed by atoms with Gasteiger partial charge < -0.3 is 19.3 Å². The minimum atomic E-state index is -1.10. The van der Waals surface area contributed by atoms with E-state index in [1.54, 1.807) is 43.3 Å². The molecule has 1 atom stereocenters. The second-order valence-corrected chi connectivity index (χ2v) is 9.12. The van der Waals surface area contributed by atoms with Gasteiger partial charge in [-0.05, 0) is 43.7 Å². The molecule has 1 aliphatic heterocycles. The summed E-state index contributed by atoms with van der Waals surface area (Å²) in [4.78, 5) is 56.6. The topological polar surface area (TPSA) is 132 Å². The lowest BCUT2D eigenvalue weighted by molar-refractivity contribution is -0.132. The van der Waals surface area contributed by atoms with Gasteiger partial charge >= 0.3 is 17.8 Å². The fraction of sp³-hybridized carbons (Fsp3) is 0.222. The second kappa shape index (κ2) is 10.9.